The molecule has 0 unspecified atom stereocenters. The summed E-state index contributed by atoms with van der Waals surface area (Å²) in [6.45, 7) is 3.20. The largest absolute Gasteiger partial charge is 0.494 e. The van der Waals surface area contributed by atoms with Crippen molar-refractivity contribution in [3.8, 4) is 5.75 Å². The summed E-state index contributed by atoms with van der Waals surface area (Å²) in [5.74, 6) is 2.17. The van der Waals surface area contributed by atoms with Crippen LogP contribution < -0.4 is 10.1 Å². The fraction of sp³-hybridized carbons (Fsp3) is 0.333. The van der Waals surface area contributed by atoms with Crippen molar-refractivity contribution in [2.75, 3.05) is 18.9 Å². The lowest BCUT2D eigenvalue weighted by atomic mass is 10.3. The van der Waals surface area contributed by atoms with E-state index in [4.69, 9.17) is 4.74 Å². The van der Waals surface area contributed by atoms with Crippen molar-refractivity contribution in [2.45, 2.75) is 18.2 Å². The fourth-order valence-electron chi connectivity index (χ4n) is 1.75. The molecule has 0 saturated carbocycles. The van der Waals surface area contributed by atoms with Crippen LogP contribution >= 0.6 is 11.8 Å². The maximum Gasteiger partial charge on any atom is 0.230 e. The van der Waals surface area contributed by atoms with Crippen molar-refractivity contribution < 1.29 is 9.53 Å². The number of benzene rings is 1. The number of carbonyl (C=O) groups excluding carboxylic acids is 1. The minimum absolute atomic E-state index is 0.0282. The van der Waals surface area contributed by atoms with E-state index in [9.17, 15) is 4.79 Å². The third kappa shape index (κ3) is 5.51. The smallest absolute Gasteiger partial charge is 0.230 e. The van der Waals surface area contributed by atoms with Crippen LogP contribution in [0.4, 0.5) is 0 Å². The molecule has 1 amide bonds. The summed E-state index contributed by atoms with van der Waals surface area (Å²) >= 11 is 1.51. The van der Waals surface area contributed by atoms with Crippen molar-refractivity contribution in [1.29, 1.82) is 0 Å². The Labute approximate surface area is 128 Å². The lowest BCUT2D eigenvalue weighted by Gasteiger charge is -2.06. The van der Waals surface area contributed by atoms with Gasteiger partial charge in [0.2, 0.25) is 5.91 Å². The second-order valence-corrected chi connectivity index (χ2v) is 5.38. The number of nitrogens with one attached hydrogen (secondary N) is 2. The molecular formula is C15H19N3O2S. The monoisotopic (exact) mass is 305 g/mol. The molecule has 1 aromatic heterocycles. The van der Waals surface area contributed by atoms with Crippen LogP contribution in [0.1, 0.15) is 12.7 Å². The van der Waals surface area contributed by atoms with Gasteiger partial charge in [0.1, 0.15) is 11.6 Å². The first-order chi connectivity index (χ1) is 10.3. The Kier molecular flexibility index (Phi) is 6.15. The predicted molar refractivity (Wildman–Crippen MR) is 83.6 cm³/mol. The molecule has 2 rings (SSSR count). The molecule has 0 radical (unpaired) electrons. The quantitative estimate of drug-likeness (QED) is 0.734. The van der Waals surface area contributed by atoms with Crippen LogP contribution in [0.3, 0.4) is 0 Å². The molecular weight excluding hydrogens is 286 g/mol. The molecule has 0 spiro atoms. The maximum absolute atomic E-state index is 11.7. The number of amides is 1. The summed E-state index contributed by atoms with van der Waals surface area (Å²) in [5, 5.41) is 2.88. The first kappa shape index (κ1) is 15.4. The summed E-state index contributed by atoms with van der Waals surface area (Å²) in [5.41, 5.74) is 0. The molecule has 2 aromatic rings. The highest BCUT2D eigenvalue weighted by Crippen LogP contribution is 2.21. The van der Waals surface area contributed by atoms with Gasteiger partial charge in [0.25, 0.3) is 0 Å². The van der Waals surface area contributed by atoms with Gasteiger partial charge in [-0.05, 0) is 31.2 Å². The number of hydrogen-bond donors (Lipinski definition) is 2. The van der Waals surface area contributed by atoms with E-state index in [-0.39, 0.29) is 5.91 Å². The van der Waals surface area contributed by atoms with Crippen LogP contribution in [0, 0.1) is 0 Å². The Bertz CT molecular complexity index is 541. The number of hydrogen-bond acceptors (Lipinski definition) is 4. The average molecular weight is 305 g/mol. The second kappa shape index (κ2) is 8.36. The Morgan fingerprint density at radius 3 is 2.86 bits per heavy atom. The lowest BCUT2D eigenvalue weighted by molar-refractivity contribution is -0.118. The summed E-state index contributed by atoms with van der Waals surface area (Å²) in [7, 11) is 0. The molecule has 0 aliphatic carbocycles. The van der Waals surface area contributed by atoms with E-state index in [0.717, 1.165) is 16.5 Å². The Balaban J connectivity index is 1.66. The Morgan fingerprint density at radius 1 is 1.38 bits per heavy atom. The number of carbonyl (C=O) groups is 1. The van der Waals surface area contributed by atoms with Crippen molar-refractivity contribution in [2.24, 2.45) is 0 Å². The van der Waals surface area contributed by atoms with Gasteiger partial charge in [-0.1, -0.05) is 0 Å². The summed E-state index contributed by atoms with van der Waals surface area (Å²) in [6, 6.07) is 7.76. The summed E-state index contributed by atoms with van der Waals surface area (Å²) in [4.78, 5) is 19.9. The van der Waals surface area contributed by atoms with E-state index in [0.29, 0.717) is 25.3 Å². The normalized spacial score (nSPS) is 10.3. The standard InChI is InChI=1S/C15H19N3O2S/c1-2-20-12-3-5-13(6-4-12)21-11-15(19)18-8-7-14-16-9-10-17-14/h3-6,9-10H,2,7-8,11H2,1H3,(H,16,17)(H,18,19). The number of imidazole rings is 1. The van der Waals surface area contributed by atoms with Gasteiger partial charge in [-0.15, -0.1) is 11.8 Å². The van der Waals surface area contributed by atoms with Crippen LogP contribution in [0.5, 0.6) is 5.75 Å². The topological polar surface area (TPSA) is 67.0 Å². The SMILES string of the molecule is CCOc1ccc(SCC(=O)NCCc2ncc[nH]2)cc1. The van der Waals surface area contributed by atoms with E-state index < -0.39 is 0 Å². The molecule has 1 heterocycles. The molecule has 5 nitrogen and oxygen atoms in total. The maximum atomic E-state index is 11.7. The van der Waals surface area contributed by atoms with Gasteiger partial charge >= 0.3 is 0 Å². The Hall–Kier alpha value is -1.95. The van der Waals surface area contributed by atoms with Gasteiger partial charge in [-0.3, -0.25) is 4.79 Å². The van der Waals surface area contributed by atoms with Crippen LogP contribution in [0.25, 0.3) is 0 Å². The lowest BCUT2D eigenvalue weighted by Crippen LogP contribution is -2.27. The molecule has 2 N–H and O–H groups in total. The van der Waals surface area contributed by atoms with Gasteiger partial charge in [-0.2, -0.15) is 0 Å². The van der Waals surface area contributed by atoms with Crippen molar-refractivity contribution >= 4 is 17.7 Å². The van der Waals surface area contributed by atoms with E-state index in [1.165, 1.54) is 11.8 Å². The van der Waals surface area contributed by atoms with E-state index >= 15 is 0 Å². The van der Waals surface area contributed by atoms with Crippen LogP contribution in [0.15, 0.2) is 41.6 Å². The second-order valence-electron chi connectivity index (χ2n) is 4.33. The van der Waals surface area contributed by atoms with Crippen LogP contribution in [0.2, 0.25) is 0 Å². The minimum atomic E-state index is 0.0282. The molecule has 112 valence electrons. The number of rotatable bonds is 8. The zero-order valence-corrected chi connectivity index (χ0v) is 12.8. The molecule has 0 atom stereocenters. The molecule has 0 aliphatic rings. The highest BCUT2D eigenvalue weighted by atomic mass is 32.2. The van der Waals surface area contributed by atoms with Gasteiger partial charge in [0, 0.05) is 30.3 Å². The third-order valence-corrected chi connectivity index (χ3v) is 3.76. The highest BCUT2D eigenvalue weighted by Gasteiger charge is 2.03. The van der Waals surface area contributed by atoms with Gasteiger partial charge < -0.3 is 15.0 Å². The first-order valence-corrected chi connectivity index (χ1v) is 7.87. The van der Waals surface area contributed by atoms with Crippen LogP contribution in [-0.4, -0.2) is 34.8 Å². The van der Waals surface area contributed by atoms with Gasteiger partial charge in [-0.25, -0.2) is 4.98 Å². The predicted octanol–water partition coefficient (Wildman–Crippen LogP) is 2.26. The number of aromatic nitrogens is 2. The number of aromatic amines is 1. The first-order valence-electron chi connectivity index (χ1n) is 6.88. The third-order valence-electron chi connectivity index (χ3n) is 2.74. The average Bonchev–Trinajstić information content (AvgIpc) is 3.00. The number of nitrogens with zero attached hydrogens (tertiary/aromatic N) is 1. The van der Waals surface area contributed by atoms with Crippen molar-refractivity contribution in [3.63, 3.8) is 0 Å². The number of thioether (sulfide) groups is 1. The molecule has 1 aromatic carbocycles. The molecule has 6 heteroatoms. The summed E-state index contributed by atoms with van der Waals surface area (Å²) < 4.78 is 5.38. The molecule has 21 heavy (non-hydrogen) atoms. The van der Waals surface area contributed by atoms with Crippen LogP contribution in [-0.2, 0) is 11.2 Å². The molecule has 0 fully saturated rings. The van der Waals surface area contributed by atoms with Crippen molar-refractivity contribution in [3.05, 3.63) is 42.5 Å². The fourth-order valence-corrected chi connectivity index (χ4v) is 2.48. The van der Waals surface area contributed by atoms with Gasteiger partial charge in [0.15, 0.2) is 0 Å². The number of H-pyrrole nitrogens is 1. The zero-order valence-electron chi connectivity index (χ0n) is 12.0. The van der Waals surface area contributed by atoms with Crippen molar-refractivity contribution in [1.82, 2.24) is 15.3 Å². The summed E-state index contributed by atoms with van der Waals surface area (Å²) in [6.07, 6.45) is 4.20. The van der Waals surface area contributed by atoms with E-state index in [1.807, 2.05) is 31.2 Å². The molecule has 0 saturated heterocycles. The number of ether oxygens (including phenoxy) is 1. The van der Waals surface area contributed by atoms with Gasteiger partial charge in [0.05, 0.1) is 12.4 Å². The highest BCUT2D eigenvalue weighted by molar-refractivity contribution is 8.00. The van der Waals surface area contributed by atoms with E-state index in [2.05, 4.69) is 15.3 Å². The molecule has 0 aliphatic heterocycles. The van der Waals surface area contributed by atoms with E-state index in [1.54, 1.807) is 12.4 Å². The minimum Gasteiger partial charge on any atom is -0.494 e. The Morgan fingerprint density at radius 2 is 2.19 bits per heavy atom. The zero-order chi connectivity index (χ0) is 14.9. The molecule has 0 bridgehead atoms.